The Morgan fingerprint density at radius 2 is 1.64 bits per heavy atom. The second kappa shape index (κ2) is 10.8. The number of hydrogen-bond acceptors (Lipinski definition) is 6. The van der Waals surface area contributed by atoms with E-state index >= 15 is 0 Å². The predicted octanol–water partition coefficient (Wildman–Crippen LogP) is 6.17. The molecule has 4 rings (SSSR count). The lowest BCUT2D eigenvalue weighted by atomic mass is 9.85. The molecule has 7 nitrogen and oxygen atoms in total. The standard InChI is InChI=1S/C32H36N2O5/c1-7-33(8-2)22-13-15-23(16-14-22)34-28(20-10-9-11-24(35)18-20)27(30(37)31(34)38)29(36)25-19-21(32(3,4)5)12-17-26(25)39-6/h9-19,28,35-36H,7-8H2,1-6H3/b29-27+. The number of anilines is 2. The molecule has 0 radical (unpaired) electrons. The van der Waals surface area contributed by atoms with Crippen LogP contribution in [0.3, 0.4) is 0 Å². The van der Waals surface area contributed by atoms with E-state index in [-0.39, 0.29) is 22.5 Å². The number of phenolic OH excluding ortho intramolecular Hbond substituents is 1. The summed E-state index contributed by atoms with van der Waals surface area (Å²) >= 11 is 0. The third-order valence-corrected chi connectivity index (χ3v) is 7.21. The average molecular weight is 529 g/mol. The summed E-state index contributed by atoms with van der Waals surface area (Å²) in [6, 6.07) is 18.3. The summed E-state index contributed by atoms with van der Waals surface area (Å²) in [4.78, 5) is 30.7. The molecule has 1 amide bonds. The highest BCUT2D eigenvalue weighted by Crippen LogP contribution is 2.44. The number of aliphatic hydroxyl groups is 1. The first kappa shape index (κ1) is 27.8. The predicted molar refractivity (Wildman–Crippen MR) is 155 cm³/mol. The number of aliphatic hydroxyl groups excluding tert-OH is 1. The van der Waals surface area contributed by atoms with E-state index < -0.39 is 17.7 Å². The van der Waals surface area contributed by atoms with Gasteiger partial charge in [-0.3, -0.25) is 14.5 Å². The Balaban J connectivity index is 1.94. The topological polar surface area (TPSA) is 90.3 Å². The van der Waals surface area contributed by atoms with E-state index in [4.69, 9.17) is 4.74 Å². The van der Waals surface area contributed by atoms with Gasteiger partial charge in [0, 0.05) is 24.5 Å². The minimum absolute atomic E-state index is 0.0118. The van der Waals surface area contributed by atoms with E-state index in [1.165, 1.54) is 24.1 Å². The quantitative estimate of drug-likeness (QED) is 0.217. The normalized spacial score (nSPS) is 17.0. The average Bonchev–Trinajstić information content (AvgIpc) is 3.18. The van der Waals surface area contributed by atoms with Crippen molar-refractivity contribution in [1.82, 2.24) is 0 Å². The maximum atomic E-state index is 13.6. The van der Waals surface area contributed by atoms with Gasteiger partial charge in [0.25, 0.3) is 11.7 Å². The Kier molecular flexibility index (Phi) is 7.72. The minimum atomic E-state index is -0.959. The molecule has 1 aliphatic heterocycles. The molecule has 1 unspecified atom stereocenters. The van der Waals surface area contributed by atoms with E-state index in [1.54, 1.807) is 36.4 Å². The fraction of sp³-hybridized carbons (Fsp3) is 0.312. The molecule has 0 bridgehead atoms. The molecular weight excluding hydrogens is 492 g/mol. The van der Waals surface area contributed by atoms with Gasteiger partial charge in [0.2, 0.25) is 0 Å². The summed E-state index contributed by atoms with van der Waals surface area (Å²) in [5, 5.41) is 22.0. The molecule has 1 saturated heterocycles. The van der Waals surface area contributed by atoms with Crippen LogP contribution in [-0.2, 0) is 15.0 Å². The lowest BCUT2D eigenvalue weighted by molar-refractivity contribution is -0.132. The van der Waals surface area contributed by atoms with Crippen LogP contribution in [0.25, 0.3) is 5.76 Å². The minimum Gasteiger partial charge on any atom is -0.508 e. The number of nitrogens with zero attached hydrogens (tertiary/aromatic N) is 2. The van der Waals surface area contributed by atoms with Gasteiger partial charge in [0.05, 0.1) is 24.3 Å². The molecule has 1 atom stereocenters. The van der Waals surface area contributed by atoms with Crippen molar-refractivity contribution in [1.29, 1.82) is 0 Å². The monoisotopic (exact) mass is 528 g/mol. The molecule has 2 N–H and O–H groups in total. The van der Waals surface area contributed by atoms with E-state index in [0.29, 0.717) is 22.6 Å². The van der Waals surface area contributed by atoms with Crippen molar-refractivity contribution >= 4 is 28.8 Å². The largest absolute Gasteiger partial charge is 0.508 e. The van der Waals surface area contributed by atoms with Crippen LogP contribution in [0.4, 0.5) is 11.4 Å². The molecule has 0 spiro atoms. The van der Waals surface area contributed by atoms with Crippen molar-refractivity contribution in [2.75, 3.05) is 30.0 Å². The Labute approximate surface area is 230 Å². The lowest BCUT2D eigenvalue weighted by Gasteiger charge is -2.27. The molecule has 0 saturated carbocycles. The number of hydrogen-bond donors (Lipinski definition) is 2. The number of benzene rings is 3. The molecular formula is C32H36N2O5. The number of ether oxygens (including phenoxy) is 1. The van der Waals surface area contributed by atoms with Crippen LogP contribution in [0.5, 0.6) is 11.5 Å². The van der Waals surface area contributed by atoms with Crippen LogP contribution in [0.2, 0.25) is 0 Å². The van der Waals surface area contributed by atoms with Crippen molar-refractivity contribution in [3.05, 3.63) is 89.0 Å². The third-order valence-electron chi connectivity index (χ3n) is 7.21. The molecule has 0 aliphatic carbocycles. The SMILES string of the molecule is CCN(CC)c1ccc(N2C(=O)C(=O)/C(=C(/O)c3cc(C(C)(C)C)ccc3OC)C2c2cccc(O)c2)cc1. The summed E-state index contributed by atoms with van der Waals surface area (Å²) in [5.41, 5.74) is 2.96. The number of amides is 1. The number of phenols is 1. The van der Waals surface area contributed by atoms with Gasteiger partial charge in [-0.05, 0) is 78.9 Å². The maximum absolute atomic E-state index is 13.6. The molecule has 204 valence electrons. The second-order valence-corrected chi connectivity index (χ2v) is 10.6. The van der Waals surface area contributed by atoms with Crippen molar-refractivity contribution in [3.63, 3.8) is 0 Å². The Morgan fingerprint density at radius 3 is 2.21 bits per heavy atom. The van der Waals surface area contributed by atoms with E-state index in [0.717, 1.165) is 24.3 Å². The number of carbonyl (C=O) groups excluding carboxylic acids is 2. The zero-order valence-electron chi connectivity index (χ0n) is 23.4. The smallest absolute Gasteiger partial charge is 0.300 e. The number of ketones is 1. The van der Waals surface area contributed by atoms with Crippen molar-refractivity contribution in [2.45, 2.75) is 46.1 Å². The zero-order valence-corrected chi connectivity index (χ0v) is 23.4. The van der Waals surface area contributed by atoms with Crippen LogP contribution in [0.15, 0.2) is 72.3 Å². The maximum Gasteiger partial charge on any atom is 0.300 e. The first-order valence-corrected chi connectivity index (χ1v) is 13.2. The highest BCUT2D eigenvalue weighted by atomic mass is 16.5. The number of aromatic hydroxyl groups is 1. The number of carbonyl (C=O) groups is 2. The molecule has 39 heavy (non-hydrogen) atoms. The van der Waals surface area contributed by atoms with E-state index in [9.17, 15) is 19.8 Å². The fourth-order valence-corrected chi connectivity index (χ4v) is 5.03. The Bertz CT molecular complexity index is 1420. The summed E-state index contributed by atoms with van der Waals surface area (Å²) in [6.45, 7) is 11.9. The van der Waals surface area contributed by atoms with Gasteiger partial charge < -0.3 is 19.8 Å². The van der Waals surface area contributed by atoms with Crippen molar-refractivity contribution in [2.24, 2.45) is 0 Å². The van der Waals surface area contributed by atoms with Gasteiger partial charge in [0.1, 0.15) is 17.3 Å². The van der Waals surface area contributed by atoms with Crippen LogP contribution in [-0.4, -0.2) is 42.1 Å². The number of methoxy groups -OCH3 is 1. The summed E-state index contributed by atoms with van der Waals surface area (Å²) < 4.78 is 5.54. The highest BCUT2D eigenvalue weighted by Gasteiger charge is 2.47. The van der Waals surface area contributed by atoms with Crippen molar-refractivity contribution in [3.8, 4) is 11.5 Å². The first-order valence-electron chi connectivity index (χ1n) is 13.2. The molecule has 0 aromatic heterocycles. The van der Waals surface area contributed by atoms with Crippen LogP contribution >= 0.6 is 0 Å². The van der Waals surface area contributed by atoms with Gasteiger partial charge in [-0.15, -0.1) is 0 Å². The summed E-state index contributed by atoms with van der Waals surface area (Å²) in [5.74, 6) is -1.53. The Morgan fingerprint density at radius 1 is 0.974 bits per heavy atom. The van der Waals surface area contributed by atoms with Crippen LogP contribution in [0, 0.1) is 0 Å². The van der Waals surface area contributed by atoms with Gasteiger partial charge >= 0.3 is 0 Å². The van der Waals surface area contributed by atoms with Crippen LogP contribution < -0.4 is 14.5 Å². The third kappa shape index (κ3) is 5.21. The van der Waals surface area contributed by atoms with Gasteiger partial charge in [-0.1, -0.05) is 39.0 Å². The van der Waals surface area contributed by atoms with Crippen molar-refractivity contribution < 1.29 is 24.5 Å². The molecule has 1 fully saturated rings. The van der Waals surface area contributed by atoms with Gasteiger partial charge in [0.15, 0.2) is 0 Å². The zero-order chi connectivity index (χ0) is 28.5. The first-order chi connectivity index (χ1) is 18.5. The molecule has 1 heterocycles. The molecule has 3 aromatic carbocycles. The number of rotatable bonds is 7. The molecule has 3 aromatic rings. The number of Topliss-reactive ketones (excluding diaryl/α,β-unsaturated/α-hetero) is 1. The summed E-state index contributed by atoms with van der Waals surface area (Å²) in [7, 11) is 1.49. The fourth-order valence-electron chi connectivity index (χ4n) is 5.03. The highest BCUT2D eigenvalue weighted by molar-refractivity contribution is 6.51. The van der Waals surface area contributed by atoms with Crippen LogP contribution in [0.1, 0.15) is 57.4 Å². The lowest BCUT2D eigenvalue weighted by Crippen LogP contribution is -2.29. The van der Waals surface area contributed by atoms with Gasteiger partial charge in [-0.25, -0.2) is 0 Å². The second-order valence-electron chi connectivity index (χ2n) is 10.6. The van der Waals surface area contributed by atoms with E-state index in [1.807, 2.05) is 39.0 Å². The molecule has 7 heteroatoms. The van der Waals surface area contributed by atoms with Gasteiger partial charge in [-0.2, -0.15) is 0 Å². The van der Waals surface area contributed by atoms with E-state index in [2.05, 4.69) is 18.7 Å². The molecule has 1 aliphatic rings. The Hall–Kier alpha value is -4.26. The summed E-state index contributed by atoms with van der Waals surface area (Å²) in [6.07, 6.45) is 0.